The first kappa shape index (κ1) is 14.5. The van der Waals surface area contributed by atoms with E-state index in [0.717, 1.165) is 24.8 Å². The van der Waals surface area contributed by atoms with Gasteiger partial charge in [-0.15, -0.1) is 0 Å². The molecule has 2 heteroatoms. The first-order valence-corrected chi connectivity index (χ1v) is 7.63. The molecule has 0 aromatic rings. The summed E-state index contributed by atoms with van der Waals surface area (Å²) in [5.41, 5.74) is 0.783. The lowest BCUT2D eigenvalue weighted by atomic mass is 9.56. The van der Waals surface area contributed by atoms with Crippen LogP contribution < -0.4 is 0 Å². The summed E-state index contributed by atoms with van der Waals surface area (Å²) in [5, 5.41) is 0. The molecule has 0 bridgehead atoms. The zero-order valence-electron chi connectivity index (χ0n) is 12.4. The molecule has 1 spiro atoms. The van der Waals surface area contributed by atoms with E-state index < -0.39 is 0 Å². The highest BCUT2D eigenvalue weighted by Gasteiger charge is 2.57. The van der Waals surface area contributed by atoms with Crippen LogP contribution in [0.3, 0.4) is 0 Å². The third-order valence-electron chi connectivity index (χ3n) is 5.75. The highest BCUT2D eigenvalue weighted by Crippen LogP contribution is 2.61. The second kappa shape index (κ2) is 5.22. The number of carbonyl (C=O) groups is 2. The lowest BCUT2D eigenvalue weighted by Gasteiger charge is -2.46. The van der Waals surface area contributed by atoms with Gasteiger partial charge in [-0.2, -0.15) is 0 Å². The van der Waals surface area contributed by atoms with Crippen molar-refractivity contribution in [1.29, 1.82) is 0 Å². The van der Waals surface area contributed by atoms with Crippen molar-refractivity contribution in [2.75, 3.05) is 0 Å². The Bertz CT molecular complexity index is 401. The molecule has 106 valence electrons. The van der Waals surface area contributed by atoms with Crippen LogP contribution in [0.25, 0.3) is 0 Å². The summed E-state index contributed by atoms with van der Waals surface area (Å²) in [6.45, 7) is 7.93. The average molecular weight is 262 g/mol. The molecule has 2 nitrogen and oxygen atoms in total. The van der Waals surface area contributed by atoms with Gasteiger partial charge in [-0.3, -0.25) is 4.79 Å². The van der Waals surface area contributed by atoms with Crippen LogP contribution in [0.1, 0.15) is 71.6 Å². The second-order valence-corrected chi connectivity index (χ2v) is 6.69. The van der Waals surface area contributed by atoms with Crippen molar-refractivity contribution in [3.63, 3.8) is 0 Å². The van der Waals surface area contributed by atoms with Crippen molar-refractivity contribution in [2.45, 2.75) is 71.6 Å². The molecule has 2 fully saturated rings. The summed E-state index contributed by atoms with van der Waals surface area (Å²) in [6.07, 6.45) is 9.04. The Morgan fingerprint density at radius 2 is 1.79 bits per heavy atom. The fourth-order valence-electron chi connectivity index (χ4n) is 4.28. The number of Topliss-reactive ketones (excluding diaryl/α,β-unsaturated/α-hetero) is 2. The fraction of sp³-hybridized carbons (Fsp3) is 0.765. The fourth-order valence-corrected chi connectivity index (χ4v) is 4.28. The standard InChI is InChI=1S/C17H26O2/c1-13(7-8-14(2)18)16(3)15(19)9-12-17(16)10-5-4-6-11-17/h1,4-12H2,2-3H3. The monoisotopic (exact) mass is 262 g/mol. The maximum atomic E-state index is 12.5. The van der Waals surface area contributed by atoms with Gasteiger partial charge in [0.15, 0.2) is 0 Å². The van der Waals surface area contributed by atoms with Gasteiger partial charge in [0, 0.05) is 12.8 Å². The molecular weight excluding hydrogens is 236 g/mol. The van der Waals surface area contributed by atoms with Crippen LogP contribution in [0, 0.1) is 10.8 Å². The van der Waals surface area contributed by atoms with Crippen molar-refractivity contribution in [3.8, 4) is 0 Å². The van der Waals surface area contributed by atoms with Crippen LogP contribution >= 0.6 is 0 Å². The van der Waals surface area contributed by atoms with Gasteiger partial charge in [-0.05, 0) is 44.9 Å². The quantitative estimate of drug-likeness (QED) is 0.710. The van der Waals surface area contributed by atoms with Crippen LogP contribution in [0.15, 0.2) is 12.2 Å². The van der Waals surface area contributed by atoms with E-state index in [0.29, 0.717) is 25.0 Å². The molecule has 19 heavy (non-hydrogen) atoms. The van der Waals surface area contributed by atoms with Crippen LogP contribution in [0.4, 0.5) is 0 Å². The minimum Gasteiger partial charge on any atom is -0.300 e. The molecule has 2 aliphatic carbocycles. The molecule has 0 aliphatic heterocycles. The zero-order valence-corrected chi connectivity index (χ0v) is 12.4. The molecule has 0 N–H and O–H groups in total. The molecule has 2 saturated carbocycles. The Kier molecular flexibility index (Phi) is 3.98. The predicted molar refractivity (Wildman–Crippen MR) is 76.9 cm³/mol. The molecule has 1 unspecified atom stereocenters. The average Bonchev–Trinajstić information content (AvgIpc) is 2.63. The van der Waals surface area contributed by atoms with Gasteiger partial charge in [-0.1, -0.05) is 31.4 Å². The molecule has 2 rings (SSSR count). The van der Waals surface area contributed by atoms with E-state index in [4.69, 9.17) is 0 Å². The van der Waals surface area contributed by atoms with Gasteiger partial charge in [0.1, 0.15) is 11.6 Å². The summed E-state index contributed by atoms with van der Waals surface area (Å²) in [5.74, 6) is 0.552. The number of hydrogen-bond acceptors (Lipinski definition) is 2. The second-order valence-electron chi connectivity index (χ2n) is 6.69. The van der Waals surface area contributed by atoms with Crippen LogP contribution in [-0.4, -0.2) is 11.6 Å². The number of ketones is 2. The Hall–Kier alpha value is -0.920. The largest absolute Gasteiger partial charge is 0.300 e. The third-order valence-corrected chi connectivity index (χ3v) is 5.75. The number of carbonyl (C=O) groups excluding carboxylic acids is 2. The summed E-state index contributed by atoms with van der Waals surface area (Å²) in [4.78, 5) is 23.7. The van der Waals surface area contributed by atoms with E-state index in [2.05, 4.69) is 13.5 Å². The van der Waals surface area contributed by atoms with Crippen molar-refractivity contribution >= 4 is 11.6 Å². The van der Waals surface area contributed by atoms with Crippen LogP contribution in [0.2, 0.25) is 0 Å². The van der Waals surface area contributed by atoms with Gasteiger partial charge in [0.05, 0.1) is 5.41 Å². The summed E-state index contributed by atoms with van der Waals surface area (Å²) < 4.78 is 0. The molecule has 0 amide bonds. The van der Waals surface area contributed by atoms with E-state index >= 15 is 0 Å². The molecule has 0 radical (unpaired) electrons. The first-order valence-electron chi connectivity index (χ1n) is 7.63. The lowest BCUT2D eigenvalue weighted by molar-refractivity contribution is -0.127. The highest BCUT2D eigenvalue weighted by atomic mass is 16.1. The Morgan fingerprint density at radius 1 is 1.16 bits per heavy atom. The first-order chi connectivity index (χ1) is 8.92. The molecule has 0 heterocycles. The van der Waals surface area contributed by atoms with Gasteiger partial charge < -0.3 is 4.79 Å². The zero-order chi connectivity index (χ0) is 14.1. The topological polar surface area (TPSA) is 34.1 Å². The van der Waals surface area contributed by atoms with Gasteiger partial charge in [0.25, 0.3) is 0 Å². The van der Waals surface area contributed by atoms with Crippen molar-refractivity contribution < 1.29 is 9.59 Å². The number of allylic oxidation sites excluding steroid dienone is 1. The van der Waals surface area contributed by atoms with Crippen molar-refractivity contribution in [2.24, 2.45) is 10.8 Å². The molecule has 0 aromatic heterocycles. The normalized spacial score (nSPS) is 29.7. The van der Waals surface area contributed by atoms with Crippen LogP contribution in [0.5, 0.6) is 0 Å². The van der Waals surface area contributed by atoms with Gasteiger partial charge in [0.2, 0.25) is 0 Å². The van der Waals surface area contributed by atoms with E-state index in [9.17, 15) is 9.59 Å². The summed E-state index contributed by atoms with van der Waals surface area (Å²) >= 11 is 0. The number of hydrogen-bond donors (Lipinski definition) is 0. The minimum atomic E-state index is -0.372. The molecule has 0 saturated heterocycles. The molecule has 1 atom stereocenters. The lowest BCUT2D eigenvalue weighted by Crippen LogP contribution is -2.42. The smallest absolute Gasteiger partial charge is 0.143 e. The predicted octanol–water partition coefficient (Wildman–Crippen LogP) is 4.23. The summed E-state index contributed by atoms with van der Waals surface area (Å²) in [6, 6.07) is 0. The van der Waals surface area contributed by atoms with E-state index in [1.54, 1.807) is 6.92 Å². The van der Waals surface area contributed by atoms with Crippen LogP contribution in [-0.2, 0) is 9.59 Å². The third kappa shape index (κ3) is 2.30. The van der Waals surface area contributed by atoms with E-state index in [1.165, 1.54) is 19.3 Å². The van der Waals surface area contributed by atoms with Gasteiger partial charge in [-0.25, -0.2) is 0 Å². The molecule has 2 aliphatic rings. The van der Waals surface area contributed by atoms with Crippen molar-refractivity contribution in [3.05, 3.63) is 12.2 Å². The van der Waals surface area contributed by atoms with E-state index in [-0.39, 0.29) is 16.6 Å². The Morgan fingerprint density at radius 3 is 2.37 bits per heavy atom. The SMILES string of the molecule is C=C(CCC(C)=O)C1(C)C(=O)CCC12CCCCC2. The highest BCUT2D eigenvalue weighted by molar-refractivity contribution is 5.91. The summed E-state index contributed by atoms with van der Waals surface area (Å²) in [7, 11) is 0. The van der Waals surface area contributed by atoms with Crippen molar-refractivity contribution in [1.82, 2.24) is 0 Å². The Labute approximate surface area is 116 Å². The Balaban J connectivity index is 2.23. The minimum absolute atomic E-state index is 0.149. The molecular formula is C17H26O2. The maximum absolute atomic E-state index is 12.5. The van der Waals surface area contributed by atoms with E-state index in [1.807, 2.05) is 0 Å². The maximum Gasteiger partial charge on any atom is 0.143 e. The number of rotatable bonds is 4. The molecule has 0 aromatic carbocycles. The van der Waals surface area contributed by atoms with Gasteiger partial charge >= 0.3 is 0 Å².